The Morgan fingerprint density at radius 1 is 0.500 bits per heavy atom. The van der Waals surface area contributed by atoms with Crippen LogP contribution in [0.3, 0.4) is 0 Å². The third kappa shape index (κ3) is 4.07. The second-order valence-corrected chi connectivity index (χ2v) is 11.9. The van der Waals surface area contributed by atoms with E-state index in [4.69, 9.17) is 6.57 Å². The van der Waals surface area contributed by atoms with Gasteiger partial charge in [-0.15, -0.1) is 0 Å². The van der Waals surface area contributed by atoms with Crippen LogP contribution in [0.25, 0.3) is 82.1 Å². The minimum absolute atomic E-state index is 0.431. The lowest BCUT2D eigenvalue weighted by atomic mass is 9.90. The van der Waals surface area contributed by atoms with E-state index in [1.807, 2.05) is 30.3 Å². The fourth-order valence-electron chi connectivity index (χ4n) is 7.35. The van der Waals surface area contributed by atoms with E-state index in [-0.39, 0.29) is 0 Å². The number of rotatable bonds is 4. The Bertz CT molecular complexity index is 2690. The fraction of sp³-hybridized carbons (Fsp3) is 0. The van der Waals surface area contributed by atoms with Crippen LogP contribution in [0.1, 0.15) is 5.56 Å². The molecule has 0 unspecified atom stereocenters. The van der Waals surface area contributed by atoms with Crippen LogP contribution in [0.4, 0.5) is 5.69 Å². The van der Waals surface area contributed by atoms with Crippen molar-refractivity contribution in [2.45, 2.75) is 0 Å². The van der Waals surface area contributed by atoms with Crippen molar-refractivity contribution in [3.05, 3.63) is 175 Å². The van der Waals surface area contributed by atoms with E-state index in [0.29, 0.717) is 11.3 Å². The number of hydrogen-bond donors (Lipinski definition) is 0. The van der Waals surface area contributed by atoms with Crippen LogP contribution in [0, 0.1) is 17.9 Å². The smallest absolute Gasteiger partial charge is 0.190 e. The first-order valence-electron chi connectivity index (χ1n) is 15.9. The lowest BCUT2D eigenvalue weighted by Crippen LogP contribution is -2.01. The molecule has 4 nitrogen and oxygen atoms in total. The zero-order chi connectivity index (χ0) is 32.2. The number of hydrogen-bond acceptors (Lipinski definition) is 1. The minimum atomic E-state index is 0.431. The summed E-state index contributed by atoms with van der Waals surface area (Å²) in [5, 5.41) is 15.3. The number of nitrogens with zero attached hydrogens (tertiary/aromatic N) is 4. The predicted molar refractivity (Wildman–Crippen MR) is 197 cm³/mol. The number of aromatic nitrogens is 2. The van der Waals surface area contributed by atoms with Gasteiger partial charge in [-0.05, 0) is 65.2 Å². The van der Waals surface area contributed by atoms with Gasteiger partial charge >= 0.3 is 0 Å². The third-order valence-corrected chi connectivity index (χ3v) is 9.39. The van der Waals surface area contributed by atoms with Crippen LogP contribution in [-0.4, -0.2) is 9.13 Å². The molecule has 0 saturated heterocycles. The minimum Gasteiger partial charge on any atom is -0.310 e. The first-order valence-corrected chi connectivity index (χ1v) is 15.9. The number of benzene rings is 7. The Labute approximate surface area is 277 Å². The highest BCUT2D eigenvalue weighted by Gasteiger charge is 2.21. The zero-order valence-electron chi connectivity index (χ0n) is 25.8. The van der Waals surface area contributed by atoms with Gasteiger partial charge in [0, 0.05) is 38.5 Å². The van der Waals surface area contributed by atoms with E-state index < -0.39 is 0 Å². The molecule has 0 aliphatic heterocycles. The van der Waals surface area contributed by atoms with Crippen molar-refractivity contribution in [3.8, 4) is 39.7 Å². The number of fused-ring (bicyclic) bond motifs is 6. The molecule has 4 heteroatoms. The zero-order valence-corrected chi connectivity index (χ0v) is 25.8. The lowest BCUT2D eigenvalue weighted by molar-refractivity contribution is 1.18. The molecule has 9 rings (SSSR count). The Morgan fingerprint density at radius 3 is 1.46 bits per heavy atom. The van der Waals surface area contributed by atoms with Gasteiger partial charge in [-0.1, -0.05) is 109 Å². The molecule has 0 aliphatic rings. The van der Waals surface area contributed by atoms with E-state index in [0.717, 1.165) is 55.4 Å². The molecular formula is C44H26N4. The summed E-state index contributed by atoms with van der Waals surface area (Å²) in [5.41, 5.74) is 11.0. The second kappa shape index (κ2) is 10.9. The molecule has 48 heavy (non-hydrogen) atoms. The van der Waals surface area contributed by atoms with Crippen LogP contribution in [-0.2, 0) is 0 Å². The lowest BCUT2D eigenvalue weighted by Gasteiger charge is -2.19. The van der Waals surface area contributed by atoms with Gasteiger partial charge in [-0.3, -0.25) is 0 Å². The van der Waals surface area contributed by atoms with Crippen LogP contribution >= 0.6 is 0 Å². The van der Waals surface area contributed by atoms with Gasteiger partial charge in [-0.2, -0.15) is 5.26 Å². The molecule has 0 radical (unpaired) electrons. The van der Waals surface area contributed by atoms with Crippen molar-refractivity contribution in [1.82, 2.24) is 9.13 Å². The predicted octanol–water partition coefficient (Wildman–Crippen LogP) is 11.6. The molecule has 9 aromatic rings. The topological polar surface area (TPSA) is 38.0 Å². The summed E-state index contributed by atoms with van der Waals surface area (Å²) < 4.78 is 4.52. The SMILES string of the molecule is [C-]#[N+]c1cc(C#N)c(-c2ccccc2-c2ccc(-n3c4ccccc4c4ccccc43)cc2)c(-n2c3ccccc3c3ccccc32)c1. The molecule has 0 N–H and O–H groups in total. The normalized spacial score (nSPS) is 11.3. The van der Waals surface area contributed by atoms with Crippen molar-refractivity contribution in [2.24, 2.45) is 0 Å². The van der Waals surface area contributed by atoms with E-state index in [1.54, 1.807) is 6.07 Å². The maximum atomic E-state index is 10.6. The highest BCUT2D eigenvalue weighted by molar-refractivity contribution is 6.11. The largest absolute Gasteiger partial charge is 0.310 e. The Hall–Kier alpha value is -6.88. The standard InChI is InChI=1S/C44H26N4/c1-46-31-26-30(28-45)44(43(27-31)48-41-20-10-6-15-36(41)37-16-7-11-21-42(37)48)38-17-3-2-12-33(38)29-22-24-32(25-23-29)47-39-18-8-4-13-34(39)35-14-5-9-19-40(35)47/h2-27H. The third-order valence-electron chi connectivity index (χ3n) is 9.39. The Balaban J connectivity index is 1.27. The Morgan fingerprint density at radius 2 is 0.958 bits per heavy atom. The van der Waals surface area contributed by atoms with Gasteiger partial charge in [0.15, 0.2) is 5.69 Å². The highest BCUT2D eigenvalue weighted by Crippen LogP contribution is 2.43. The molecule has 0 aliphatic carbocycles. The van der Waals surface area contributed by atoms with Gasteiger partial charge in [0.05, 0.1) is 40.3 Å². The summed E-state index contributed by atoms with van der Waals surface area (Å²) in [6.07, 6.45) is 0. The van der Waals surface area contributed by atoms with Gasteiger partial charge in [0.1, 0.15) is 0 Å². The molecule has 0 amide bonds. The summed E-state index contributed by atoms with van der Waals surface area (Å²) in [6.45, 7) is 7.90. The van der Waals surface area contributed by atoms with E-state index >= 15 is 0 Å². The van der Waals surface area contributed by atoms with Crippen molar-refractivity contribution in [1.29, 1.82) is 5.26 Å². The molecule has 0 saturated carbocycles. The molecule has 0 atom stereocenters. The summed E-state index contributed by atoms with van der Waals surface area (Å²) in [7, 11) is 0. The van der Waals surface area contributed by atoms with Crippen LogP contribution < -0.4 is 0 Å². The number of para-hydroxylation sites is 4. The maximum absolute atomic E-state index is 10.6. The van der Waals surface area contributed by atoms with Crippen LogP contribution in [0.5, 0.6) is 0 Å². The molecule has 2 heterocycles. The highest BCUT2D eigenvalue weighted by atomic mass is 15.0. The van der Waals surface area contributed by atoms with Gasteiger partial charge in [-0.25, -0.2) is 4.85 Å². The fourth-order valence-corrected chi connectivity index (χ4v) is 7.35. The van der Waals surface area contributed by atoms with Crippen molar-refractivity contribution in [3.63, 3.8) is 0 Å². The molecule has 7 aromatic carbocycles. The molecule has 0 spiro atoms. The monoisotopic (exact) mass is 610 g/mol. The van der Waals surface area contributed by atoms with Crippen molar-refractivity contribution >= 4 is 49.3 Å². The van der Waals surface area contributed by atoms with Crippen LogP contribution in [0.2, 0.25) is 0 Å². The van der Waals surface area contributed by atoms with Crippen LogP contribution in [0.15, 0.2) is 158 Å². The molecule has 0 fully saturated rings. The molecule has 0 bridgehead atoms. The van der Waals surface area contributed by atoms with E-state index in [1.165, 1.54) is 21.8 Å². The molecule has 2 aromatic heterocycles. The first-order chi connectivity index (χ1) is 23.7. The summed E-state index contributed by atoms with van der Waals surface area (Å²) in [4.78, 5) is 3.79. The van der Waals surface area contributed by atoms with Crippen molar-refractivity contribution in [2.75, 3.05) is 0 Å². The number of nitriles is 1. The average Bonchev–Trinajstić information content (AvgIpc) is 3.67. The summed E-state index contributed by atoms with van der Waals surface area (Å²) in [6, 6.07) is 56.7. The average molecular weight is 611 g/mol. The van der Waals surface area contributed by atoms with Crippen molar-refractivity contribution < 1.29 is 0 Å². The van der Waals surface area contributed by atoms with Gasteiger partial charge in [0.2, 0.25) is 0 Å². The second-order valence-electron chi connectivity index (χ2n) is 11.9. The van der Waals surface area contributed by atoms with Gasteiger partial charge in [0.25, 0.3) is 0 Å². The first kappa shape index (κ1) is 27.4. The summed E-state index contributed by atoms with van der Waals surface area (Å²) in [5.74, 6) is 0. The summed E-state index contributed by atoms with van der Waals surface area (Å²) >= 11 is 0. The Kier molecular flexibility index (Phi) is 6.22. The van der Waals surface area contributed by atoms with E-state index in [9.17, 15) is 5.26 Å². The molecular weight excluding hydrogens is 585 g/mol. The van der Waals surface area contributed by atoms with Gasteiger partial charge < -0.3 is 9.13 Å². The van der Waals surface area contributed by atoms with E-state index in [2.05, 4.69) is 141 Å². The molecule has 222 valence electrons. The quantitative estimate of drug-likeness (QED) is 0.183. The maximum Gasteiger partial charge on any atom is 0.190 e.